The maximum absolute atomic E-state index is 12.0. The molecule has 2 aliphatic rings. The molecule has 0 aromatic rings. The fraction of sp³-hybridized carbons (Fsp3) is 0.846. The fourth-order valence-electron chi connectivity index (χ4n) is 2.84. The number of hydrogen-bond donors (Lipinski definition) is 3. The number of thioether (sulfide) groups is 1. The lowest BCUT2D eigenvalue weighted by molar-refractivity contribution is -0.145. The second-order valence-corrected chi connectivity index (χ2v) is 6.61. The van der Waals surface area contributed by atoms with Crippen LogP contribution in [-0.4, -0.2) is 40.2 Å². The largest absolute Gasteiger partial charge is 0.480 e. The topological polar surface area (TPSA) is 78.4 Å². The molecule has 1 unspecified atom stereocenters. The summed E-state index contributed by atoms with van der Waals surface area (Å²) < 4.78 is 0. The quantitative estimate of drug-likeness (QED) is 0.741. The van der Waals surface area contributed by atoms with E-state index in [1.807, 2.05) is 11.8 Å². The highest BCUT2D eigenvalue weighted by Crippen LogP contribution is 2.28. The summed E-state index contributed by atoms with van der Waals surface area (Å²) in [5, 5.41) is 15.0. The lowest BCUT2D eigenvalue weighted by Gasteiger charge is -2.34. The molecular weight excluding hydrogens is 264 g/mol. The van der Waals surface area contributed by atoms with Crippen LogP contribution in [0.3, 0.4) is 0 Å². The van der Waals surface area contributed by atoms with Gasteiger partial charge in [-0.15, -0.1) is 0 Å². The standard InChI is InChI=1S/C13H22N2O3S/c16-11(17)13(6-2-1-3-7-13)15-12(18)14-10-5-4-8-19-9-10/h10H,1-9H2,(H,16,17)(H2,14,15,18). The first-order chi connectivity index (χ1) is 9.12. The third kappa shape index (κ3) is 3.78. The number of rotatable bonds is 3. The predicted octanol–water partition coefficient (Wildman–Crippen LogP) is 1.97. The first kappa shape index (κ1) is 14.5. The second-order valence-electron chi connectivity index (χ2n) is 5.46. The van der Waals surface area contributed by atoms with Gasteiger partial charge in [0, 0.05) is 11.8 Å². The first-order valence-corrected chi connectivity index (χ1v) is 8.18. The molecule has 5 nitrogen and oxygen atoms in total. The number of nitrogens with one attached hydrogen (secondary N) is 2. The van der Waals surface area contributed by atoms with Gasteiger partial charge in [-0.1, -0.05) is 19.3 Å². The average Bonchev–Trinajstić information content (AvgIpc) is 2.40. The molecule has 0 aromatic heterocycles. The van der Waals surface area contributed by atoms with Crippen molar-refractivity contribution >= 4 is 23.8 Å². The monoisotopic (exact) mass is 286 g/mol. The van der Waals surface area contributed by atoms with Gasteiger partial charge in [-0.3, -0.25) is 0 Å². The van der Waals surface area contributed by atoms with Crippen LogP contribution in [0, 0.1) is 0 Å². The molecule has 2 rings (SSSR count). The number of hydrogen-bond acceptors (Lipinski definition) is 3. The normalized spacial score (nSPS) is 26.4. The fourth-order valence-corrected chi connectivity index (χ4v) is 3.91. The Balaban J connectivity index is 1.89. The van der Waals surface area contributed by atoms with Gasteiger partial charge in [-0.2, -0.15) is 11.8 Å². The number of aliphatic carboxylic acids is 1. The van der Waals surface area contributed by atoms with E-state index >= 15 is 0 Å². The van der Waals surface area contributed by atoms with Crippen molar-refractivity contribution in [2.45, 2.75) is 56.5 Å². The molecule has 1 aliphatic carbocycles. The van der Waals surface area contributed by atoms with Gasteiger partial charge < -0.3 is 15.7 Å². The third-order valence-corrected chi connectivity index (χ3v) is 5.18. The van der Waals surface area contributed by atoms with Crippen LogP contribution in [0.5, 0.6) is 0 Å². The summed E-state index contributed by atoms with van der Waals surface area (Å²) in [4.78, 5) is 23.5. The highest BCUT2D eigenvalue weighted by molar-refractivity contribution is 7.99. The third-order valence-electron chi connectivity index (χ3n) is 3.96. The van der Waals surface area contributed by atoms with E-state index in [2.05, 4.69) is 10.6 Å². The number of carboxylic acid groups (broad SMARTS) is 1. The van der Waals surface area contributed by atoms with Crippen molar-refractivity contribution in [2.24, 2.45) is 0 Å². The molecular formula is C13H22N2O3S. The van der Waals surface area contributed by atoms with Crippen molar-refractivity contribution in [3.8, 4) is 0 Å². The molecule has 2 amide bonds. The van der Waals surface area contributed by atoms with E-state index in [1.54, 1.807) is 0 Å². The van der Waals surface area contributed by atoms with Crippen molar-refractivity contribution in [3.05, 3.63) is 0 Å². The lowest BCUT2D eigenvalue weighted by Crippen LogP contribution is -2.59. The smallest absolute Gasteiger partial charge is 0.329 e. The summed E-state index contributed by atoms with van der Waals surface area (Å²) in [6.45, 7) is 0. The summed E-state index contributed by atoms with van der Waals surface area (Å²) >= 11 is 1.84. The van der Waals surface area contributed by atoms with Crippen molar-refractivity contribution in [3.63, 3.8) is 0 Å². The van der Waals surface area contributed by atoms with E-state index in [0.717, 1.165) is 43.6 Å². The number of carboxylic acids is 1. The zero-order valence-electron chi connectivity index (χ0n) is 11.1. The van der Waals surface area contributed by atoms with Crippen molar-refractivity contribution in [2.75, 3.05) is 11.5 Å². The Morgan fingerprint density at radius 3 is 2.47 bits per heavy atom. The van der Waals surface area contributed by atoms with Gasteiger partial charge in [0.2, 0.25) is 0 Å². The molecule has 1 saturated carbocycles. The molecule has 6 heteroatoms. The summed E-state index contributed by atoms with van der Waals surface area (Å²) in [5.41, 5.74) is -1.05. The molecule has 1 aliphatic heterocycles. The minimum Gasteiger partial charge on any atom is -0.480 e. The van der Waals surface area contributed by atoms with E-state index in [-0.39, 0.29) is 12.1 Å². The van der Waals surface area contributed by atoms with E-state index in [4.69, 9.17) is 0 Å². The first-order valence-electron chi connectivity index (χ1n) is 7.02. The Labute approximate surface area is 117 Å². The summed E-state index contributed by atoms with van der Waals surface area (Å²) in [7, 11) is 0. The van der Waals surface area contributed by atoms with Gasteiger partial charge in [0.1, 0.15) is 5.54 Å². The molecule has 1 saturated heterocycles. The molecule has 1 atom stereocenters. The minimum absolute atomic E-state index is 0.174. The van der Waals surface area contributed by atoms with Crippen LogP contribution in [0.25, 0.3) is 0 Å². The van der Waals surface area contributed by atoms with E-state index < -0.39 is 11.5 Å². The van der Waals surface area contributed by atoms with E-state index in [0.29, 0.717) is 12.8 Å². The van der Waals surface area contributed by atoms with Crippen LogP contribution >= 0.6 is 11.8 Å². The Morgan fingerprint density at radius 1 is 1.16 bits per heavy atom. The van der Waals surface area contributed by atoms with E-state index in [9.17, 15) is 14.7 Å². The zero-order valence-corrected chi connectivity index (χ0v) is 11.9. The van der Waals surface area contributed by atoms with Crippen molar-refractivity contribution in [1.82, 2.24) is 10.6 Å². The molecule has 0 spiro atoms. The Morgan fingerprint density at radius 2 is 1.89 bits per heavy atom. The van der Waals surface area contributed by atoms with Gasteiger partial charge in [0.25, 0.3) is 0 Å². The van der Waals surface area contributed by atoms with Crippen LogP contribution in [-0.2, 0) is 4.79 Å². The number of amides is 2. The number of carbonyl (C=O) groups is 2. The van der Waals surface area contributed by atoms with Crippen molar-refractivity contribution < 1.29 is 14.7 Å². The zero-order chi connectivity index (χ0) is 13.7. The molecule has 19 heavy (non-hydrogen) atoms. The summed E-state index contributed by atoms with van der Waals surface area (Å²) in [6, 6.07) is -0.148. The highest BCUT2D eigenvalue weighted by atomic mass is 32.2. The Bertz CT molecular complexity index is 337. The predicted molar refractivity (Wildman–Crippen MR) is 75.5 cm³/mol. The van der Waals surface area contributed by atoms with Crippen molar-refractivity contribution in [1.29, 1.82) is 0 Å². The second kappa shape index (κ2) is 6.50. The Hall–Kier alpha value is -0.910. The van der Waals surface area contributed by atoms with Crippen LogP contribution in [0.2, 0.25) is 0 Å². The summed E-state index contributed by atoms with van der Waals surface area (Å²) in [5.74, 6) is 1.17. The minimum atomic E-state index is -1.05. The maximum Gasteiger partial charge on any atom is 0.329 e. The van der Waals surface area contributed by atoms with Gasteiger partial charge >= 0.3 is 12.0 Å². The molecule has 0 radical (unpaired) electrons. The van der Waals surface area contributed by atoms with Crippen LogP contribution in [0.1, 0.15) is 44.9 Å². The van der Waals surface area contributed by atoms with Gasteiger partial charge in [-0.05, 0) is 31.4 Å². The van der Waals surface area contributed by atoms with E-state index in [1.165, 1.54) is 0 Å². The molecule has 3 N–H and O–H groups in total. The van der Waals surface area contributed by atoms with Crippen LogP contribution < -0.4 is 10.6 Å². The highest BCUT2D eigenvalue weighted by Gasteiger charge is 2.41. The van der Waals surface area contributed by atoms with Gasteiger partial charge in [0.05, 0.1) is 0 Å². The van der Waals surface area contributed by atoms with Crippen LogP contribution in [0.15, 0.2) is 0 Å². The summed E-state index contributed by atoms with van der Waals surface area (Å²) in [6.07, 6.45) is 5.96. The molecule has 1 heterocycles. The number of carbonyl (C=O) groups excluding carboxylic acids is 1. The molecule has 0 bridgehead atoms. The SMILES string of the molecule is O=C(NC1CCCSC1)NC1(C(=O)O)CCCCC1. The molecule has 108 valence electrons. The average molecular weight is 286 g/mol. The lowest BCUT2D eigenvalue weighted by atomic mass is 9.82. The van der Waals surface area contributed by atoms with Crippen LogP contribution in [0.4, 0.5) is 4.79 Å². The maximum atomic E-state index is 12.0. The Kier molecular flexibility index (Phi) is 4.96. The molecule has 2 fully saturated rings. The number of urea groups is 1. The van der Waals surface area contributed by atoms with Gasteiger partial charge in [-0.25, -0.2) is 9.59 Å². The molecule has 0 aromatic carbocycles. The van der Waals surface area contributed by atoms with Gasteiger partial charge in [0.15, 0.2) is 0 Å².